The topological polar surface area (TPSA) is 61.7 Å². The van der Waals surface area contributed by atoms with Crippen LogP contribution < -0.4 is 9.64 Å². The fourth-order valence-corrected chi connectivity index (χ4v) is 4.77. The van der Waals surface area contributed by atoms with Gasteiger partial charge in [0.05, 0.1) is 11.7 Å². The summed E-state index contributed by atoms with van der Waals surface area (Å²) in [5.41, 5.74) is 1.90. The third-order valence-electron chi connectivity index (χ3n) is 6.51. The van der Waals surface area contributed by atoms with E-state index in [-0.39, 0.29) is 17.7 Å². The van der Waals surface area contributed by atoms with Gasteiger partial charge in [-0.25, -0.2) is 9.97 Å². The first kappa shape index (κ1) is 22.6. The van der Waals surface area contributed by atoms with E-state index in [9.17, 15) is 18.3 Å². The van der Waals surface area contributed by atoms with Gasteiger partial charge in [0.15, 0.2) is 0 Å². The molecule has 5 rings (SSSR count). The zero-order chi connectivity index (χ0) is 23.7. The van der Waals surface area contributed by atoms with Gasteiger partial charge in [0, 0.05) is 38.3 Å². The summed E-state index contributed by atoms with van der Waals surface area (Å²) in [6.07, 6.45) is -1.93. The molecule has 2 aliphatic heterocycles. The van der Waals surface area contributed by atoms with Crippen molar-refractivity contribution in [2.24, 2.45) is 0 Å². The largest absolute Gasteiger partial charge is 0.439 e. The average Bonchev–Trinajstić information content (AvgIpc) is 2.83. The Labute approximate surface area is 195 Å². The SMILES string of the molecule is O[C@@H]1CN(c2cc(Oc3cccc(C(F)(F)F)c3)ncn2)CC[C@H]1N1CCc2ccccc2C1. The summed E-state index contributed by atoms with van der Waals surface area (Å²) in [5, 5.41) is 10.9. The third kappa shape index (κ3) is 4.85. The molecule has 0 amide bonds. The van der Waals surface area contributed by atoms with Crippen molar-refractivity contribution < 1.29 is 23.0 Å². The van der Waals surface area contributed by atoms with Gasteiger partial charge in [0.2, 0.25) is 5.88 Å². The van der Waals surface area contributed by atoms with Gasteiger partial charge < -0.3 is 14.7 Å². The van der Waals surface area contributed by atoms with Crippen LogP contribution in [0.15, 0.2) is 60.9 Å². The number of anilines is 1. The predicted octanol–water partition coefficient (Wildman–Crippen LogP) is 4.29. The van der Waals surface area contributed by atoms with Crippen molar-refractivity contribution in [3.8, 4) is 11.6 Å². The second-order valence-corrected chi connectivity index (χ2v) is 8.70. The first-order valence-electron chi connectivity index (χ1n) is 11.3. The van der Waals surface area contributed by atoms with E-state index < -0.39 is 17.8 Å². The molecule has 3 aromatic rings. The molecule has 0 bridgehead atoms. The molecule has 0 unspecified atom stereocenters. The number of halogens is 3. The lowest BCUT2D eigenvalue weighted by molar-refractivity contribution is -0.137. The van der Waals surface area contributed by atoms with Gasteiger partial charge in [0.25, 0.3) is 0 Å². The lowest BCUT2D eigenvalue weighted by Gasteiger charge is -2.43. The summed E-state index contributed by atoms with van der Waals surface area (Å²) in [6.45, 7) is 2.85. The van der Waals surface area contributed by atoms with Crippen LogP contribution in [0.4, 0.5) is 19.0 Å². The van der Waals surface area contributed by atoms with Gasteiger partial charge >= 0.3 is 6.18 Å². The maximum Gasteiger partial charge on any atom is 0.416 e. The van der Waals surface area contributed by atoms with Gasteiger partial charge in [-0.15, -0.1) is 0 Å². The highest BCUT2D eigenvalue weighted by atomic mass is 19.4. The minimum absolute atomic E-state index is 0.0450. The van der Waals surface area contributed by atoms with Crippen LogP contribution in [-0.4, -0.2) is 51.8 Å². The Morgan fingerprint density at radius 2 is 1.79 bits per heavy atom. The Bertz CT molecular complexity index is 1160. The Hall–Kier alpha value is -3.17. The third-order valence-corrected chi connectivity index (χ3v) is 6.51. The van der Waals surface area contributed by atoms with Crippen LogP contribution in [0.25, 0.3) is 0 Å². The summed E-state index contributed by atoms with van der Waals surface area (Å²) in [4.78, 5) is 12.6. The summed E-state index contributed by atoms with van der Waals surface area (Å²) < 4.78 is 44.5. The standard InChI is InChI=1S/C25H25F3N4O2/c26-25(27,28)19-6-3-7-20(12-19)34-24-13-23(29-16-30-24)32-11-9-21(22(33)15-32)31-10-8-17-4-1-2-5-18(17)14-31/h1-7,12-13,16,21-22,33H,8-11,14-15H2/t21-,22-/m1/s1. The van der Waals surface area contributed by atoms with E-state index in [0.29, 0.717) is 18.9 Å². The van der Waals surface area contributed by atoms with E-state index >= 15 is 0 Å². The first-order chi connectivity index (χ1) is 16.4. The lowest BCUT2D eigenvalue weighted by Crippen LogP contribution is -2.55. The van der Waals surface area contributed by atoms with E-state index in [4.69, 9.17) is 4.74 Å². The molecule has 1 N–H and O–H groups in total. The van der Waals surface area contributed by atoms with Crippen LogP contribution in [0.5, 0.6) is 11.6 Å². The van der Waals surface area contributed by atoms with Gasteiger partial charge in [-0.05, 0) is 42.2 Å². The molecule has 34 heavy (non-hydrogen) atoms. The molecule has 2 atom stereocenters. The Morgan fingerprint density at radius 3 is 2.59 bits per heavy atom. The van der Waals surface area contributed by atoms with Crippen LogP contribution in [-0.2, 0) is 19.1 Å². The van der Waals surface area contributed by atoms with Crippen LogP contribution >= 0.6 is 0 Å². The predicted molar refractivity (Wildman–Crippen MR) is 121 cm³/mol. The maximum absolute atomic E-state index is 13.0. The molecule has 2 aliphatic rings. The van der Waals surface area contributed by atoms with Crippen molar-refractivity contribution in [2.75, 3.05) is 24.5 Å². The number of β-amino-alcohol motifs (C(OH)–C–C–N with tert-alkyl or cyclic N) is 1. The normalized spacial score (nSPS) is 21.2. The monoisotopic (exact) mass is 470 g/mol. The van der Waals surface area contributed by atoms with Crippen molar-refractivity contribution >= 4 is 5.82 Å². The van der Waals surface area contributed by atoms with Gasteiger partial charge in [-0.1, -0.05) is 30.3 Å². The molecule has 6 nitrogen and oxygen atoms in total. The Morgan fingerprint density at radius 1 is 0.971 bits per heavy atom. The van der Waals surface area contributed by atoms with E-state index in [1.54, 1.807) is 6.07 Å². The molecule has 9 heteroatoms. The number of aliphatic hydroxyl groups excluding tert-OH is 1. The van der Waals surface area contributed by atoms with Crippen molar-refractivity contribution in [2.45, 2.75) is 37.7 Å². The first-order valence-corrected chi connectivity index (χ1v) is 11.3. The molecule has 0 saturated carbocycles. The molecule has 0 radical (unpaired) electrons. The minimum atomic E-state index is -4.45. The molecule has 3 heterocycles. The molecule has 1 fully saturated rings. The summed E-state index contributed by atoms with van der Waals surface area (Å²) in [6, 6.07) is 14.7. The number of aliphatic hydroxyl groups is 1. The van der Waals surface area contributed by atoms with Crippen LogP contribution in [0, 0.1) is 0 Å². The molecule has 178 valence electrons. The van der Waals surface area contributed by atoms with Gasteiger partial charge in [-0.3, -0.25) is 4.90 Å². The summed E-state index contributed by atoms with van der Waals surface area (Å²) >= 11 is 0. The number of piperidine rings is 1. The van der Waals surface area contributed by atoms with E-state index in [2.05, 4.69) is 39.1 Å². The highest BCUT2D eigenvalue weighted by Crippen LogP contribution is 2.33. The van der Waals surface area contributed by atoms with Crippen molar-refractivity contribution in [1.82, 2.24) is 14.9 Å². The van der Waals surface area contributed by atoms with Crippen LogP contribution in [0.2, 0.25) is 0 Å². The molecule has 1 aromatic heterocycles. The number of rotatable bonds is 4. The molecule has 0 spiro atoms. The maximum atomic E-state index is 13.0. The summed E-state index contributed by atoms with van der Waals surface area (Å²) in [7, 11) is 0. The zero-order valence-electron chi connectivity index (χ0n) is 18.4. The molecular weight excluding hydrogens is 445 g/mol. The van der Waals surface area contributed by atoms with Gasteiger partial charge in [-0.2, -0.15) is 13.2 Å². The van der Waals surface area contributed by atoms with E-state index in [0.717, 1.165) is 38.1 Å². The second kappa shape index (κ2) is 9.23. The smallest absolute Gasteiger partial charge is 0.416 e. The van der Waals surface area contributed by atoms with Crippen LogP contribution in [0.1, 0.15) is 23.1 Å². The highest BCUT2D eigenvalue weighted by Gasteiger charge is 2.34. The molecule has 2 aromatic carbocycles. The number of fused-ring (bicyclic) bond motifs is 1. The van der Waals surface area contributed by atoms with Crippen molar-refractivity contribution in [1.29, 1.82) is 0 Å². The average molecular weight is 470 g/mol. The minimum Gasteiger partial charge on any atom is -0.439 e. The highest BCUT2D eigenvalue weighted by molar-refractivity contribution is 5.43. The fraction of sp³-hybridized carbons (Fsp3) is 0.360. The van der Waals surface area contributed by atoms with Crippen molar-refractivity contribution in [3.63, 3.8) is 0 Å². The molecule has 0 aliphatic carbocycles. The zero-order valence-corrected chi connectivity index (χ0v) is 18.4. The number of aromatic nitrogens is 2. The second-order valence-electron chi connectivity index (χ2n) is 8.70. The summed E-state index contributed by atoms with van der Waals surface area (Å²) in [5.74, 6) is 0.760. The van der Waals surface area contributed by atoms with E-state index in [1.807, 2.05) is 4.90 Å². The molecular formula is C25H25F3N4O2. The number of hydrogen-bond acceptors (Lipinski definition) is 6. The lowest BCUT2D eigenvalue weighted by atomic mass is 9.94. The molecule has 1 saturated heterocycles. The van der Waals surface area contributed by atoms with E-state index in [1.165, 1.54) is 29.6 Å². The number of ether oxygens (including phenoxy) is 1. The Kier molecular flexibility index (Phi) is 6.14. The van der Waals surface area contributed by atoms with Crippen molar-refractivity contribution in [3.05, 3.63) is 77.6 Å². The number of nitrogens with zero attached hydrogens (tertiary/aromatic N) is 4. The number of benzene rings is 2. The fourth-order valence-electron chi connectivity index (χ4n) is 4.77. The van der Waals surface area contributed by atoms with Crippen LogP contribution in [0.3, 0.4) is 0 Å². The quantitative estimate of drug-likeness (QED) is 0.614. The number of hydrogen-bond donors (Lipinski definition) is 1. The Balaban J connectivity index is 1.24. The number of alkyl halides is 3. The van der Waals surface area contributed by atoms with Gasteiger partial charge in [0.1, 0.15) is 17.9 Å².